The molecule has 1 fully saturated rings. The average Bonchev–Trinajstić information content (AvgIpc) is 3.11. The number of hydrogen-bond acceptors (Lipinski definition) is 5. The second kappa shape index (κ2) is 6.95. The molecule has 1 unspecified atom stereocenters. The third kappa shape index (κ3) is 3.80. The summed E-state index contributed by atoms with van der Waals surface area (Å²) in [4.78, 5) is 17.9. The van der Waals surface area contributed by atoms with E-state index < -0.39 is 16.0 Å². The standard InChI is InChI=1S/C18H21N3O4S/c1-20(26(2,24)25)16-10-15(18(22)23)11-17(19-16)21-9-8-14(12-21)13-6-4-3-5-7-13/h3-7,10-11,14H,8-9,12H2,1-2H3,(H,22,23). The number of aromatic nitrogens is 1. The van der Waals surface area contributed by atoms with E-state index in [0.29, 0.717) is 18.3 Å². The third-order valence-corrected chi connectivity index (χ3v) is 5.83. The Morgan fingerprint density at radius 2 is 1.96 bits per heavy atom. The molecule has 1 aromatic carbocycles. The molecule has 1 saturated heterocycles. The minimum Gasteiger partial charge on any atom is -0.478 e. The molecule has 1 N–H and O–H groups in total. The Hall–Kier alpha value is -2.61. The van der Waals surface area contributed by atoms with Gasteiger partial charge in [0.1, 0.15) is 11.6 Å². The van der Waals surface area contributed by atoms with Crippen molar-refractivity contribution >= 4 is 27.6 Å². The third-order valence-electron chi connectivity index (χ3n) is 4.65. The van der Waals surface area contributed by atoms with Crippen LogP contribution >= 0.6 is 0 Å². The van der Waals surface area contributed by atoms with Crippen molar-refractivity contribution < 1.29 is 18.3 Å². The molecule has 7 nitrogen and oxygen atoms in total. The summed E-state index contributed by atoms with van der Waals surface area (Å²) in [5, 5.41) is 9.38. The van der Waals surface area contributed by atoms with Gasteiger partial charge in [0, 0.05) is 26.1 Å². The van der Waals surface area contributed by atoms with Gasteiger partial charge in [-0.1, -0.05) is 30.3 Å². The van der Waals surface area contributed by atoms with Crippen LogP contribution in [-0.4, -0.2) is 50.9 Å². The van der Waals surface area contributed by atoms with Crippen LogP contribution in [0.15, 0.2) is 42.5 Å². The highest BCUT2D eigenvalue weighted by atomic mass is 32.2. The largest absolute Gasteiger partial charge is 0.478 e. The van der Waals surface area contributed by atoms with Crippen LogP contribution in [0.2, 0.25) is 0 Å². The van der Waals surface area contributed by atoms with Gasteiger partial charge < -0.3 is 10.0 Å². The van der Waals surface area contributed by atoms with E-state index in [1.54, 1.807) is 0 Å². The SMILES string of the molecule is CN(c1cc(C(=O)O)cc(N2CCC(c3ccccc3)C2)n1)S(C)(=O)=O. The van der Waals surface area contributed by atoms with Gasteiger partial charge in [0.15, 0.2) is 0 Å². The van der Waals surface area contributed by atoms with E-state index in [4.69, 9.17) is 0 Å². The molecule has 1 atom stereocenters. The molecule has 0 aliphatic carbocycles. The summed E-state index contributed by atoms with van der Waals surface area (Å²) in [6.07, 6.45) is 1.99. The maximum absolute atomic E-state index is 11.8. The Morgan fingerprint density at radius 3 is 2.58 bits per heavy atom. The van der Waals surface area contributed by atoms with Gasteiger partial charge in [-0.15, -0.1) is 0 Å². The zero-order valence-corrected chi connectivity index (χ0v) is 15.5. The molecule has 0 spiro atoms. The van der Waals surface area contributed by atoms with Crippen LogP contribution in [0.25, 0.3) is 0 Å². The molecular weight excluding hydrogens is 354 g/mol. The molecule has 2 heterocycles. The Morgan fingerprint density at radius 1 is 1.27 bits per heavy atom. The molecule has 3 rings (SSSR count). The Labute approximate surface area is 152 Å². The number of carboxylic acid groups (broad SMARTS) is 1. The van der Waals surface area contributed by atoms with E-state index in [0.717, 1.165) is 23.5 Å². The Balaban J connectivity index is 1.92. The molecular formula is C18H21N3O4S. The molecule has 26 heavy (non-hydrogen) atoms. The minimum atomic E-state index is -3.53. The number of hydrogen-bond donors (Lipinski definition) is 1. The maximum atomic E-state index is 11.8. The number of carbonyl (C=O) groups is 1. The fourth-order valence-corrected chi connectivity index (χ4v) is 3.52. The molecule has 2 aromatic rings. The molecule has 0 bridgehead atoms. The van der Waals surface area contributed by atoms with Crippen molar-refractivity contribution in [1.82, 2.24) is 4.98 Å². The molecule has 0 saturated carbocycles. The molecule has 0 amide bonds. The minimum absolute atomic E-state index is 0.0173. The second-order valence-corrected chi connectivity index (χ2v) is 8.46. The van der Waals surface area contributed by atoms with Crippen molar-refractivity contribution in [3.63, 3.8) is 0 Å². The number of aromatic carboxylic acids is 1. The van der Waals surface area contributed by atoms with Crippen molar-refractivity contribution in [3.8, 4) is 0 Å². The number of sulfonamides is 1. The van der Waals surface area contributed by atoms with E-state index in [2.05, 4.69) is 17.1 Å². The number of anilines is 2. The summed E-state index contributed by atoms with van der Waals surface area (Å²) in [7, 11) is -2.17. The van der Waals surface area contributed by atoms with Crippen LogP contribution < -0.4 is 9.21 Å². The van der Waals surface area contributed by atoms with Gasteiger partial charge in [0.25, 0.3) is 0 Å². The summed E-state index contributed by atoms with van der Waals surface area (Å²) in [5.74, 6) is -0.197. The number of rotatable bonds is 5. The normalized spacial score (nSPS) is 17.3. The summed E-state index contributed by atoms with van der Waals surface area (Å²) >= 11 is 0. The van der Waals surface area contributed by atoms with Gasteiger partial charge >= 0.3 is 5.97 Å². The lowest BCUT2D eigenvalue weighted by Gasteiger charge is -2.22. The smallest absolute Gasteiger partial charge is 0.335 e. The first-order valence-corrected chi connectivity index (χ1v) is 10.1. The highest BCUT2D eigenvalue weighted by molar-refractivity contribution is 7.92. The average molecular weight is 375 g/mol. The van der Waals surface area contributed by atoms with Crippen LogP contribution in [0.1, 0.15) is 28.3 Å². The van der Waals surface area contributed by atoms with Gasteiger partial charge in [-0.05, 0) is 24.1 Å². The number of nitrogens with zero attached hydrogens (tertiary/aromatic N) is 3. The highest BCUT2D eigenvalue weighted by Crippen LogP contribution is 2.31. The monoisotopic (exact) mass is 375 g/mol. The summed E-state index contributed by atoms with van der Waals surface area (Å²) in [6, 6.07) is 12.9. The van der Waals surface area contributed by atoms with E-state index in [1.165, 1.54) is 24.7 Å². The van der Waals surface area contributed by atoms with E-state index >= 15 is 0 Å². The van der Waals surface area contributed by atoms with Crippen LogP contribution in [0.4, 0.5) is 11.6 Å². The summed E-state index contributed by atoms with van der Waals surface area (Å²) in [6.45, 7) is 1.44. The highest BCUT2D eigenvalue weighted by Gasteiger charge is 2.26. The first-order valence-electron chi connectivity index (χ1n) is 8.25. The van der Waals surface area contributed by atoms with Gasteiger partial charge in [-0.25, -0.2) is 18.2 Å². The van der Waals surface area contributed by atoms with Crippen molar-refractivity contribution in [2.75, 3.05) is 35.6 Å². The molecule has 1 aromatic heterocycles. The fourth-order valence-electron chi connectivity index (χ4n) is 3.08. The van der Waals surface area contributed by atoms with Gasteiger partial charge in [0.05, 0.1) is 11.8 Å². The van der Waals surface area contributed by atoms with Crippen molar-refractivity contribution in [2.24, 2.45) is 0 Å². The lowest BCUT2D eigenvalue weighted by atomic mass is 9.99. The van der Waals surface area contributed by atoms with Gasteiger partial charge in [0.2, 0.25) is 10.0 Å². The molecule has 0 radical (unpaired) electrons. The van der Waals surface area contributed by atoms with Crippen LogP contribution in [0.5, 0.6) is 0 Å². The van der Waals surface area contributed by atoms with Gasteiger partial charge in [-0.3, -0.25) is 4.31 Å². The van der Waals surface area contributed by atoms with E-state index in [-0.39, 0.29) is 11.4 Å². The van der Waals surface area contributed by atoms with Crippen LogP contribution in [0.3, 0.4) is 0 Å². The lowest BCUT2D eigenvalue weighted by Crippen LogP contribution is -2.28. The number of benzene rings is 1. The number of pyridine rings is 1. The van der Waals surface area contributed by atoms with Crippen molar-refractivity contribution in [1.29, 1.82) is 0 Å². The van der Waals surface area contributed by atoms with Gasteiger partial charge in [-0.2, -0.15) is 0 Å². The first kappa shape index (κ1) is 18.2. The number of carboxylic acids is 1. The zero-order valence-electron chi connectivity index (χ0n) is 14.7. The van der Waals surface area contributed by atoms with Crippen LogP contribution in [-0.2, 0) is 10.0 Å². The fraction of sp³-hybridized carbons (Fsp3) is 0.333. The van der Waals surface area contributed by atoms with E-state index in [9.17, 15) is 18.3 Å². The predicted molar refractivity (Wildman–Crippen MR) is 100 cm³/mol. The van der Waals surface area contributed by atoms with Crippen molar-refractivity contribution in [3.05, 3.63) is 53.6 Å². The quantitative estimate of drug-likeness (QED) is 0.861. The first-order chi connectivity index (χ1) is 12.3. The second-order valence-electron chi connectivity index (χ2n) is 6.45. The van der Waals surface area contributed by atoms with Crippen LogP contribution in [0, 0.1) is 0 Å². The summed E-state index contributed by atoms with van der Waals surface area (Å²) in [5.41, 5.74) is 1.25. The summed E-state index contributed by atoms with van der Waals surface area (Å²) < 4.78 is 24.6. The Kier molecular flexibility index (Phi) is 4.86. The van der Waals surface area contributed by atoms with Crippen molar-refractivity contribution in [2.45, 2.75) is 12.3 Å². The topological polar surface area (TPSA) is 90.8 Å². The zero-order chi connectivity index (χ0) is 18.9. The molecule has 1 aliphatic heterocycles. The molecule has 1 aliphatic rings. The predicted octanol–water partition coefficient (Wildman–Crippen LogP) is 2.17. The maximum Gasteiger partial charge on any atom is 0.335 e. The molecule has 8 heteroatoms. The Bertz CT molecular complexity index is 915. The molecule has 138 valence electrons. The lowest BCUT2D eigenvalue weighted by molar-refractivity contribution is 0.0697. The van der Waals surface area contributed by atoms with E-state index in [1.807, 2.05) is 23.1 Å².